The minimum absolute atomic E-state index is 0.107. The Morgan fingerprint density at radius 1 is 1.07 bits per heavy atom. The Morgan fingerprint density at radius 2 is 1.75 bits per heavy atom. The van der Waals surface area contributed by atoms with Gasteiger partial charge >= 0.3 is 0 Å². The minimum atomic E-state index is -0.774. The fourth-order valence-corrected chi connectivity index (χ4v) is 2.68. The maximum Gasteiger partial charge on any atom is 0.232 e. The number of benzene rings is 1. The predicted octanol–water partition coefficient (Wildman–Crippen LogP) is 3.92. The summed E-state index contributed by atoms with van der Waals surface area (Å²) in [4.78, 5) is 21.6. The smallest absolute Gasteiger partial charge is 0.232 e. The molecule has 7 nitrogen and oxygen atoms in total. The van der Waals surface area contributed by atoms with Gasteiger partial charge in [0.25, 0.3) is 0 Å². The molecule has 148 valence electrons. The third-order valence-corrected chi connectivity index (χ3v) is 4.32. The van der Waals surface area contributed by atoms with Gasteiger partial charge in [-0.2, -0.15) is 4.98 Å². The van der Waals surface area contributed by atoms with Crippen molar-refractivity contribution >= 4 is 5.91 Å². The second kappa shape index (κ2) is 7.22. The largest absolute Gasteiger partial charge is 0.441 e. The second-order valence-corrected chi connectivity index (χ2v) is 8.41. The fraction of sp³-hybridized carbons (Fsp3) is 0.429. The molecular weight excluding hydrogens is 356 g/mol. The molecule has 0 aliphatic carbocycles. The molecule has 0 spiro atoms. The Labute approximate surface area is 164 Å². The van der Waals surface area contributed by atoms with Gasteiger partial charge in [0, 0.05) is 11.0 Å². The van der Waals surface area contributed by atoms with E-state index < -0.39 is 5.54 Å². The molecule has 0 fully saturated rings. The first-order valence-electron chi connectivity index (χ1n) is 9.23. The van der Waals surface area contributed by atoms with Crippen LogP contribution in [0.5, 0.6) is 0 Å². The van der Waals surface area contributed by atoms with Crippen LogP contribution in [0.2, 0.25) is 0 Å². The summed E-state index contributed by atoms with van der Waals surface area (Å²) in [6, 6.07) is 9.60. The van der Waals surface area contributed by atoms with Crippen molar-refractivity contribution in [2.24, 2.45) is 0 Å². The van der Waals surface area contributed by atoms with Gasteiger partial charge in [-0.05, 0) is 32.9 Å². The normalized spacial score (nSPS) is 12.2. The molecule has 2 aromatic heterocycles. The molecule has 28 heavy (non-hydrogen) atoms. The zero-order chi connectivity index (χ0) is 20.5. The van der Waals surface area contributed by atoms with Crippen LogP contribution in [0.25, 0.3) is 11.5 Å². The molecule has 0 aliphatic rings. The lowest BCUT2D eigenvalue weighted by Gasteiger charge is -2.22. The first-order chi connectivity index (χ1) is 13.1. The van der Waals surface area contributed by atoms with E-state index in [2.05, 4.69) is 20.4 Å². The summed E-state index contributed by atoms with van der Waals surface area (Å²) >= 11 is 0. The Morgan fingerprint density at radius 3 is 2.36 bits per heavy atom. The topological polar surface area (TPSA) is 94.1 Å². The number of hydrogen-bond donors (Lipinski definition) is 1. The average molecular weight is 382 g/mol. The lowest BCUT2D eigenvalue weighted by molar-refractivity contribution is -0.122. The maximum atomic E-state index is 12.6. The van der Waals surface area contributed by atoms with E-state index in [0.717, 1.165) is 5.56 Å². The molecule has 0 atom stereocenters. The van der Waals surface area contributed by atoms with Gasteiger partial charge in [-0.25, -0.2) is 4.98 Å². The molecule has 3 aromatic rings. The number of hydrogen-bond acceptors (Lipinski definition) is 6. The Bertz CT molecular complexity index is 965. The highest BCUT2D eigenvalue weighted by Gasteiger charge is 2.31. The summed E-state index contributed by atoms with van der Waals surface area (Å²) in [5.74, 6) is 1.91. The fourth-order valence-electron chi connectivity index (χ4n) is 2.68. The van der Waals surface area contributed by atoms with Crippen molar-refractivity contribution in [3.63, 3.8) is 0 Å². The van der Waals surface area contributed by atoms with E-state index in [1.807, 2.05) is 71.9 Å². The number of oxazole rings is 1. The van der Waals surface area contributed by atoms with Crippen LogP contribution in [0.3, 0.4) is 0 Å². The Balaban J connectivity index is 1.71. The summed E-state index contributed by atoms with van der Waals surface area (Å²) < 4.78 is 11.1. The van der Waals surface area contributed by atoms with Gasteiger partial charge < -0.3 is 14.3 Å². The van der Waals surface area contributed by atoms with Gasteiger partial charge in [0.1, 0.15) is 5.76 Å². The van der Waals surface area contributed by atoms with Crippen LogP contribution in [0, 0.1) is 6.92 Å². The van der Waals surface area contributed by atoms with Crippen LogP contribution < -0.4 is 5.32 Å². The summed E-state index contributed by atoms with van der Waals surface area (Å²) in [7, 11) is 0. The lowest BCUT2D eigenvalue weighted by atomic mass is 9.97. The van der Waals surface area contributed by atoms with E-state index in [1.54, 1.807) is 0 Å². The molecule has 3 rings (SSSR count). The lowest BCUT2D eigenvalue weighted by Crippen LogP contribution is -2.42. The van der Waals surface area contributed by atoms with E-state index >= 15 is 0 Å². The SMILES string of the molecule is Cc1oc(-c2ccccc2)nc1CC(=O)NC(C)(C)c1noc(C(C)(C)C)n1. The zero-order valence-electron chi connectivity index (χ0n) is 17.2. The number of nitrogens with one attached hydrogen (secondary N) is 1. The predicted molar refractivity (Wildman–Crippen MR) is 105 cm³/mol. The number of nitrogens with zero attached hydrogens (tertiary/aromatic N) is 3. The monoisotopic (exact) mass is 382 g/mol. The molecule has 0 unspecified atom stereocenters. The van der Waals surface area contributed by atoms with Gasteiger partial charge in [-0.3, -0.25) is 4.79 Å². The van der Waals surface area contributed by atoms with Crippen LogP contribution in [-0.4, -0.2) is 21.0 Å². The van der Waals surface area contributed by atoms with Crippen LogP contribution >= 0.6 is 0 Å². The van der Waals surface area contributed by atoms with Crippen molar-refractivity contribution in [3.05, 3.63) is 53.5 Å². The molecule has 0 aliphatic heterocycles. The summed E-state index contributed by atoms with van der Waals surface area (Å²) in [5.41, 5.74) is 0.454. The van der Waals surface area contributed by atoms with Gasteiger partial charge in [-0.15, -0.1) is 0 Å². The molecule has 0 saturated carbocycles. The van der Waals surface area contributed by atoms with Crippen molar-refractivity contribution in [3.8, 4) is 11.5 Å². The van der Waals surface area contributed by atoms with Crippen molar-refractivity contribution in [2.75, 3.05) is 0 Å². The molecule has 1 N–H and O–H groups in total. The highest BCUT2D eigenvalue weighted by atomic mass is 16.5. The van der Waals surface area contributed by atoms with Crippen LogP contribution in [-0.2, 0) is 22.2 Å². The highest BCUT2D eigenvalue weighted by Crippen LogP contribution is 2.25. The summed E-state index contributed by atoms with van der Waals surface area (Å²) in [5, 5.41) is 7.00. The van der Waals surface area contributed by atoms with E-state index in [-0.39, 0.29) is 17.7 Å². The van der Waals surface area contributed by atoms with Gasteiger partial charge in [0.05, 0.1) is 17.7 Å². The highest BCUT2D eigenvalue weighted by molar-refractivity contribution is 5.79. The van der Waals surface area contributed by atoms with Crippen LogP contribution in [0.1, 0.15) is 57.8 Å². The average Bonchev–Trinajstić information content (AvgIpc) is 3.23. The van der Waals surface area contributed by atoms with Gasteiger partial charge in [-0.1, -0.05) is 44.1 Å². The third kappa shape index (κ3) is 4.30. The van der Waals surface area contributed by atoms with Gasteiger partial charge in [0.15, 0.2) is 5.82 Å². The number of carbonyl (C=O) groups is 1. The van der Waals surface area contributed by atoms with E-state index in [0.29, 0.717) is 29.1 Å². The quantitative estimate of drug-likeness (QED) is 0.719. The summed E-state index contributed by atoms with van der Waals surface area (Å²) in [6.07, 6.45) is 0.107. The van der Waals surface area contributed by atoms with Crippen LogP contribution in [0.15, 0.2) is 39.3 Å². The number of aromatic nitrogens is 3. The first kappa shape index (κ1) is 19.8. The molecule has 0 radical (unpaired) electrons. The Kier molecular flexibility index (Phi) is 5.10. The molecular formula is C21H26N4O3. The Hall–Kier alpha value is -2.96. The zero-order valence-corrected chi connectivity index (χ0v) is 17.2. The second-order valence-electron chi connectivity index (χ2n) is 8.41. The van der Waals surface area contributed by atoms with E-state index in [4.69, 9.17) is 8.94 Å². The standard InChI is InChI=1S/C21H26N4O3/c1-13-15(22-17(27-13)14-10-8-7-9-11-14)12-16(26)24-21(5,6)18-23-19(28-25-18)20(2,3)4/h7-11H,12H2,1-6H3,(H,24,26). The summed E-state index contributed by atoms with van der Waals surface area (Å²) in [6.45, 7) is 11.5. The molecule has 0 bridgehead atoms. The van der Waals surface area contributed by atoms with E-state index in [1.165, 1.54) is 0 Å². The maximum absolute atomic E-state index is 12.6. The molecule has 1 amide bonds. The van der Waals surface area contributed by atoms with Crippen LogP contribution in [0.4, 0.5) is 0 Å². The molecule has 7 heteroatoms. The van der Waals surface area contributed by atoms with Crippen molar-refractivity contribution in [2.45, 2.75) is 58.9 Å². The number of amides is 1. The number of rotatable bonds is 5. The van der Waals surface area contributed by atoms with Crippen molar-refractivity contribution in [1.82, 2.24) is 20.4 Å². The first-order valence-corrected chi connectivity index (χ1v) is 9.23. The third-order valence-electron chi connectivity index (χ3n) is 4.32. The number of aryl methyl sites for hydroxylation is 1. The number of carbonyl (C=O) groups excluding carboxylic acids is 1. The van der Waals surface area contributed by atoms with Gasteiger partial charge in [0.2, 0.25) is 17.7 Å². The molecule has 2 heterocycles. The molecule has 0 saturated heterocycles. The van der Waals surface area contributed by atoms with E-state index in [9.17, 15) is 4.79 Å². The van der Waals surface area contributed by atoms with Crippen molar-refractivity contribution in [1.29, 1.82) is 0 Å². The van der Waals surface area contributed by atoms with Crippen molar-refractivity contribution < 1.29 is 13.7 Å². The molecule has 1 aromatic carbocycles. The minimum Gasteiger partial charge on any atom is -0.441 e.